The fourth-order valence-electron chi connectivity index (χ4n) is 3.43. The zero-order valence-corrected chi connectivity index (χ0v) is 15.0. The third-order valence-electron chi connectivity index (χ3n) is 4.86. The maximum absolute atomic E-state index is 13.0. The SMILES string of the molecule is CN(CC(=O)N1CCN2C(=O)CN(C)C(=O)[C@H]2C1)Cc1ccc(F)cc1. The van der Waals surface area contributed by atoms with Crippen molar-refractivity contribution in [2.45, 2.75) is 12.6 Å². The van der Waals surface area contributed by atoms with Crippen LogP contribution in [-0.2, 0) is 20.9 Å². The van der Waals surface area contributed by atoms with E-state index in [9.17, 15) is 18.8 Å². The van der Waals surface area contributed by atoms with Gasteiger partial charge in [-0.3, -0.25) is 19.3 Å². The van der Waals surface area contributed by atoms with Crippen LogP contribution >= 0.6 is 0 Å². The highest BCUT2D eigenvalue weighted by Gasteiger charge is 2.42. The molecule has 2 heterocycles. The number of halogens is 1. The number of fused-ring (bicyclic) bond motifs is 1. The largest absolute Gasteiger partial charge is 0.337 e. The lowest BCUT2D eigenvalue weighted by Crippen LogP contribution is -2.67. The Labute approximate surface area is 151 Å². The summed E-state index contributed by atoms with van der Waals surface area (Å²) in [6, 6.07) is 5.59. The zero-order valence-electron chi connectivity index (χ0n) is 15.0. The number of likely N-dealkylation sites (N-methyl/N-ethyl adjacent to an activating group) is 2. The van der Waals surface area contributed by atoms with Crippen LogP contribution in [0.3, 0.4) is 0 Å². The number of carbonyl (C=O) groups excluding carboxylic acids is 3. The highest BCUT2D eigenvalue weighted by Crippen LogP contribution is 2.17. The number of benzene rings is 1. The van der Waals surface area contributed by atoms with E-state index in [1.54, 1.807) is 29.0 Å². The molecule has 2 aliphatic heterocycles. The van der Waals surface area contributed by atoms with Gasteiger partial charge in [0.2, 0.25) is 17.7 Å². The van der Waals surface area contributed by atoms with Crippen LogP contribution in [0.5, 0.6) is 0 Å². The highest BCUT2D eigenvalue weighted by molar-refractivity contribution is 5.95. The lowest BCUT2D eigenvalue weighted by Gasteiger charge is -2.45. The van der Waals surface area contributed by atoms with Gasteiger partial charge in [0, 0.05) is 26.7 Å². The summed E-state index contributed by atoms with van der Waals surface area (Å²) in [6.07, 6.45) is 0. The zero-order chi connectivity index (χ0) is 18.8. The number of hydrogen-bond donors (Lipinski definition) is 0. The molecule has 0 unspecified atom stereocenters. The van der Waals surface area contributed by atoms with Gasteiger partial charge in [-0.25, -0.2) is 4.39 Å². The van der Waals surface area contributed by atoms with Gasteiger partial charge in [-0.2, -0.15) is 0 Å². The average molecular weight is 362 g/mol. The van der Waals surface area contributed by atoms with Crippen LogP contribution in [0.1, 0.15) is 5.56 Å². The third-order valence-corrected chi connectivity index (χ3v) is 4.86. The number of rotatable bonds is 4. The first-order chi connectivity index (χ1) is 12.3. The molecular formula is C18H23FN4O3. The van der Waals surface area contributed by atoms with Crippen LogP contribution in [0, 0.1) is 5.82 Å². The standard InChI is InChI=1S/C18H23FN4O3/c1-20(9-13-3-5-14(19)6-4-13)11-16(24)22-7-8-23-15(10-22)18(26)21(2)12-17(23)25/h3-6,15H,7-12H2,1-2H3/t15-/m1/s1. The van der Waals surface area contributed by atoms with Gasteiger partial charge in [0.15, 0.2) is 0 Å². The van der Waals surface area contributed by atoms with Crippen molar-refractivity contribution in [2.75, 3.05) is 46.8 Å². The maximum atomic E-state index is 13.0. The molecule has 2 aliphatic rings. The number of piperazine rings is 2. The smallest absolute Gasteiger partial charge is 0.247 e. The van der Waals surface area contributed by atoms with Crippen molar-refractivity contribution < 1.29 is 18.8 Å². The molecule has 2 saturated heterocycles. The van der Waals surface area contributed by atoms with E-state index in [-0.39, 0.29) is 43.2 Å². The van der Waals surface area contributed by atoms with Crippen LogP contribution in [0.25, 0.3) is 0 Å². The van der Waals surface area contributed by atoms with E-state index in [1.165, 1.54) is 17.0 Å². The minimum absolute atomic E-state index is 0.0716. The van der Waals surface area contributed by atoms with Gasteiger partial charge >= 0.3 is 0 Å². The van der Waals surface area contributed by atoms with Gasteiger partial charge in [0.05, 0.1) is 19.6 Å². The molecule has 0 aliphatic carbocycles. The molecule has 140 valence electrons. The first kappa shape index (κ1) is 18.3. The summed E-state index contributed by atoms with van der Waals surface area (Å²) >= 11 is 0. The molecule has 3 amide bonds. The molecule has 0 radical (unpaired) electrons. The van der Waals surface area contributed by atoms with Crippen molar-refractivity contribution in [3.05, 3.63) is 35.6 Å². The van der Waals surface area contributed by atoms with Crippen molar-refractivity contribution >= 4 is 17.7 Å². The molecule has 1 aromatic rings. The molecular weight excluding hydrogens is 339 g/mol. The predicted octanol–water partition coefficient (Wildman–Crippen LogP) is -0.231. The molecule has 3 rings (SSSR count). The topological polar surface area (TPSA) is 64.2 Å². The minimum atomic E-state index is -0.582. The predicted molar refractivity (Wildman–Crippen MR) is 92.5 cm³/mol. The minimum Gasteiger partial charge on any atom is -0.337 e. The Balaban J connectivity index is 1.57. The quantitative estimate of drug-likeness (QED) is 0.742. The maximum Gasteiger partial charge on any atom is 0.247 e. The van der Waals surface area contributed by atoms with E-state index in [2.05, 4.69) is 0 Å². The van der Waals surface area contributed by atoms with Crippen molar-refractivity contribution in [1.82, 2.24) is 19.6 Å². The molecule has 0 aromatic heterocycles. The summed E-state index contributed by atoms with van der Waals surface area (Å²) < 4.78 is 13.0. The van der Waals surface area contributed by atoms with Crippen LogP contribution in [0.15, 0.2) is 24.3 Å². The third kappa shape index (κ3) is 3.85. The second-order valence-electron chi connectivity index (χ2n) is 6.94. The van der Waals surface area contributed by atoms with Gasteiger partial charge in [0.25, 0.3) is 0 Å². The summed E-state index contributed by atoms with van der Waals surface area (Å²) in [5.41, 5.74) is 0.918. The Kier molecular flexibility index (Phi) is 5.22. The summed E-state index contributed by atoms with van der Waals surface area (Å²) in [6.45, 7) is 1.87. The number of hydrogen-bond acceptors (Lipinski definition) is 4. The Bertz CT molecular complexity index is 709. The van der Waals surface area contributed by atoms with E-state index in [0.717, 1.165) is 5.56 Å². The molecule has 0 bridgehead atoms. The lowest BCUT2D eigenvalue weighted by molar-refractivity contribution is -0.160. The van der Waals surface area contributed by atoms with E-state index >= 15 is 0 Å². The van der Waals surface area contributed by atoms with Crippen LogP contribution in [0.4, 0.5) is 4.39 Å². The molecule has 8 heteroatoms. The monoisotopic (exact) mass is 362 g/mol. The summed E-state index contributed by atoms with van der Waals surface area (Å²) in [5, 5.41) is 0. The second-order valence-corrected chi connectivity index (χ2v) is 6.94. The second kappa shape index (κ2) is 7.41. The van der Waals surface area contributed by atoms with E-state index in [0.29, 0.717) is 19.6 Å². The molecule has 7 nitrogen and oxygen atoms in total. The van der Waals surface area contributed by atoms with E-state index in [1.807, 2.05) is 11.9 Å². The molecule has 0 spiro atoms. The van der Waals surface area contributed by atoms with Crippen LogP contribution < -0.4 is 0 Å². The lowest BCUT2D eigenvalue weighted by atomic mass is 10.1. The number of amides is 3. The van der Waals surface area contributed by atoms with Gasteiger partial charge in [-0.15, -0.1) is 0 Å². The van der Waals surface area contributed by atoms with Crippen molar-refractivity contribution in [3.8, 4) is 0 Å². The van der Waals surface area contributed by atoms with Crippen molar-refractivity contribution in [1.29, 1.82) is 0 Å². The fraction of sp³-hybridized carbons (Fsp3) is 0.500. The van der Waals surface area contributed by atoms with Crippen LogP contribution in [0.2, 0.25) is 0 Å². The Morgan fingerprint density at radius 2 is 1.92 bits per heavy atom. The Morgan fingerprint density at radius 3 is 2.62 bits per heavy atom. The fourth-order valence-corrected chi connectivity index (χ4v) is 3.43. The molecule has 2 fully saturated rings. The first-order valence-corrected chi connectivity index (χ1v) is 8.60. The van der Waals surface area contributed by atoms with E-state index < -0.39 is 6.04 Å². The van der Waals surface area contributed by atoms with Gasteiger partial charge < -0.3 is 14.7 Å². The van der Waals surface area contributed by atoms with Gasteiger partial charge in [-0.1, -0.05) is 12.1 Å². The number of nitrogens with zero attached hydrogens (tertiary/aromatic N) is 4. The van der Waals surface area contributed by atoms with Crippen molar-refractivity contribution in [3.63, 3.8) is 0 Å². The van der Waals surface area contributed by atoms with Crippen molar-refractivity contribution in [2.24, 2.45) is 0 Å². The Morgan fingerprint density at radius 1 is 1.23 bits per heavy atom. The number of carbonyl (C=O) groups is 3. The highest BCUT2D eigenvalue weighted by atomic mass is 19.1. The molecule has 26 heavy (non-hydrogen) atoms. The molecule has 1 atom stereocenters. The normalized spacial score (nSPS) is 20.6. The van der Waals surface area contributed by atoms with E-state index in [4.69, 9.17) is 0 Å². The summed E-state index contributed by atoms with van der Waals surface area (Å²) in [4.78, 5) is 43.5. The molecule has 0 saturated carbocycles. The van der Waals surface area contributed by atoms with Gasteiger partial charge in [0.1, 0.15) is 11.9 Å². The molecule has 1 aromatic carbocycles. The van der Waals surface area contributed by atoms with Crippen LogP contribution in [-0.4, -0.2) is 90.2 Å². The average Bonchev–Trinajstić information content (AvgIpc) is 2.61. The Hall–Kier alpha value is -2.48. The van der Waals surface area contributed by atoms with Gasteiger partial charge in [-0.05, 0) is 24.7 Å². The molecule has 0 N–H and O–H groups in total. The summed E-state index contributed by atoms with van der Waals surface area (Å²) in [7, 11) is 3.43. The summed E-state index contributed by atoms with van der Waals surface area (Å²) in [5.74, 6) is -0.566. The first-order valence-electron chi connectivity index (χ1n) is 8.60.